The molecule has 10 aromatic carbocycles. The predicted molar refractivity (Wildman–Crippen MR) is 243 cm³/mol. The number of furan rings is 2. The fourth-order valence-corrected chi connectivity index (χ4v) is 11.1. The Labute approximate surface area is 339 Å². The molecule has 272 valence electrons. The molecule has 12 aromatic rings. The number of rotatable bonds is 2. The van der Waals surface area contributed by atoms with Crippen molar-refractivity contribution in [3.63, 3.8) is 0 Å². The van der Waals surface area contributed by atoms with Gasteiger partial charge in [-0.1, -0.05) is 152 Å². The normalized spacial score (nSPS) is 13.6. The van der Waals surface area contributed by atoms with Crippen molar-refractivity contribution in [2.75, 3.05) is 0 Å². The van der Waals surface area contributed by atoms with Gasteiger partial charge in [-0.3, -0.25) is 0 Å². The predicted octanol–water partition coefficient (Wildman–Crippen LogP) is 15.5. The Balaban J connectivity index is 1.05. The van der Waals surface area contributed by atoms with Crippen molar-refractivity contribution in [1.82, 2.24) is 0 Å². The van der Waals surface area contributed by atoms with Crippen molar-refractivity contribution >= 4 is 65.4 Å². The van der Waals surface area contributed by atoms with Crippen LogP contribution in [0.3, 0.4) is 0 Å². The van der Waals surface area contributed by atoms with Crippen LogP contribution in [-0.2, 0) is 5.41 Å². The monoisotopic (exact) mass is 748 g/mol. The number of para-hydroxylation sites is 1. The van der Waals surface area contributed by atoms with Crippen LogP contribution in [0.2, 0.25) is 0 Å². The zero-order valence-electron chi connectivity index (χ0n) is 31.8. The number of benzene rings is 10. The molecule has 59 heavy (non-hydrogen) atoms. The van der Waals surface area contributed by atoms with Crippen LogP contribution in [0.25, 0.3) is 110 Å². The average molecular weight is 749 g/mol. The molecule has 0 atom stereocenters. The van der Waals surface area contributed by atoms with Crippen LogP contribution < -0.4 is 0 Å². The van der Waals surface area contributed by atoms with Crippen LogP contribution in [0, 0.1) is 0 Å². The second kappa shape index (κ2) is 11.2. The maximum absolute atomic E-state index is 6.58. The van der Waals surface area contributed by atoms with Gasteiger partial charge in [-0.25, -0.2) is 0 Å². The summed E-state index contributed by atoms with van der Waals surface area (Å²) in [5, 5.41) is 9.47. The Morgan fingerprint density at radius 1 is 0.288 bits per heavy atom. The van der Waals surface area contributed by atoms with E-state index in [1.165, 1.54) is 82.7 Å². The van der Waals surface area contributed by atoms with Crippen LogP contribution in [0.4, 0.5) is 0 Å². The van der Waals surface area contributed by atoms with Gasteiger partial charge in [-0.15, -0.1) is 0 Å². The molecule has 1 spiro atoms. The van der Waals surface area contributed by atoms with E-state index in [-0.39, 0.29) is 0 Å². The van der Waals surface area contributed by atoms with Crippen LogP contribution >= 0.6 is 0 Å². The van der Waals surface area contributed by atoms with E-state index in [0.717, 1.165) is 49.4 Å². The first-order valence-corrected chi connectivity index (χ1v) is 20.4. The highest BCUT2D eigenvalue weighted by Gasteiger charge is 2.52. The highest BCUT2D eigenvalue weighted by atomic mass is 16.3. The molecule has 0 N–H and O–H groups in total. The second-order valence-electron chi connectivity index (χ2n) is 16.3. The largest absolute Gasteiger partial charge is 0.456 e. The summed E-state index contributed by atoms with van der Waals surface area (Å²) >= 11 is 0. The Hall–Kier alpha value is -7.68. The minimum atomic E-state index is -0.492. The molecule has 2 heteroatoms. The molecule has 0 saturated carbocycles. The lowest BCUT2D eigenvalue weighted by Crippen LogP contribution is -2.25. The van der Waals surface area contributed by atoms with Crippen LogP contribution in [0.5, 0.6) is 0 Å². The van der Waals surface area contributed by atoms with Crippen LogP contribution in [0.1, 0.15) is 22.3 Å². The van der Waals surface area contributed by atoms with Gasteiger partial charge in [0.2, 0.25) is 0 Å². The average Bonchev–Trinajstić information content (AvgIpc) is 4.02. The Kier molecular flexibility index (Phi) is 5.99. The Morgan fingerprint density at radius 2 is 0.881 bits per heavy atom. The maximum atomic E-state index is 6.58. The van der Waals surface area contributed by atoms with E-state index in [1.54, 1.807) is 0 Å². The Bertz CT molecular complexity index is 3750. The summed E-state index contributed by atoms with van der Waals surface area (Å²) in [4.78, 5) is 0. The molecule has 2 aromatic heterocycles. The molecular formula is C57H32O2. The van der Waals surface area contributed by atoms with E-state index in [4.69, 9.17) is 8.83 Å². The maximum Gasteiger partial charge on any atom is 0.136 e. The summed E-state index contributed by atoms with van der Waals surface area (Å²) in [6.45, 7) is 0. The lowest BCUT2D eigenvalue weighted by atomic mass is 9.70. The molecule has 2 nitrogen and oxygen atoms in total. The third kappa shape index (κ3) is 4.00. The van der Waals surface area contributed by atoms with Gasteiger partial charge in [-0.05, 0) is 131 Å². The third-order valence-electron chi connectivity index (χ3n) is 13.5. The SMILES string of the molecule is c1ccc2c(c1)-c1ccccc1C21c2cc(-c3cccc4oc5cc6ccccc6cc5c34)ccc2-c2c1ccc1c(-c3ccc4c(c3)oc3ccccc34)cccc21. The van der Waals surface area contributed by atoms with E-state index in [0.29, 0.717) is 0 Å². The van der Waals surface area contributed by atoms with Gasteiger partial charge in [0.15, 0.2) is 0 Å². The van der Waals surface area contributed by atoms with Gasteiger partial charge < -0.3 is 8.83 Å². The van der Waals surface area contributed by atoms with Gasteiger partial charge in [0.25, 0.3) is 0 Å². The van der Waals surface area contributed by atoms with Crippen LogP contribution in [-0.4, -0.2) is 0 Å². The molecule has 0 amide bonds. The van der Waals surface area contributed by atoms with Gasteiger partial charge in [0.1, 0.15) is 22.3 Å². The molecule has 0 saturated heterocycles. The summed E-state index contributed by atoms with van der Waals surface area (Å²) in [5.41, 5.74) is 18.4. The number of hydrogen-bond acceptors (Lipinski definition) is 2. The minimum absolute atomic E-state index is 0.492. The topological polar surface area (TPSA) is 26.3 Å². The first-order chi connectivity index (χ1) is 29.2. The summed E-state index contributed by atoms with van der Waals surface area (Å²) in [7, 11) is 0. The molecule has 0 radical (unpaired) electrons. The summed E-state index contributed by atoms with van der Waals surface area (Å²) in [6, 6.07) is 71.4. The molecule has 2 aliphatic carbocycles. The third-order valence-corrected chi connectivity index (χ3v) is 13.5. The smallest absolute Gasteiger partial charge is 0.136 e. The van der Waals surface area contributed by atoms with Crippen molar-refractivity contribution in [2.24, 2.45) is 0 Å². The van der Waals surface area contributed by atoms with Crippen molar-refractivity contribution in [2.45, 2.75) is 5.41 Å². The van der Waals surface area contributed by atoms with Crippen molar-refractivity contribution in [3.05, 3.63) is 216 Å². The molecule has 14 rings (SSSR count). The van der Waals surface area contributed by atoms with Gasteiger partial charge in [0, 0.05) is 21.5 Å². The van der Waals surface area contributed by atoms with Gasteiger partial charge in [0.05, 0.1) is 5.41 Å². The van der Waals surface area contributed by atoms with Crippen LogP contribution in [0.15, 0.2) is 203 Å². The highest BCUT2D eigenvalue weighted by Crippen LogP contribution is 2.64. The summed E-state index contributed by atoms with van der Waals surface area (Å²) < 4.78 is 13.0. The van der Waals surface area contributed by atoms with Crippen molar-refractivity contribution < 1.29 is 8.83 Å². The molecule has 0 unspecified atom stereocenters. The zero-order valence-corrected chi connectivity index (χ0v) is 31.8. The Morgan fingerprint density at radius 3 is 1.75 bits per heavy atom. The molecule has 0 fully saturated rings. The summed E-state index contributed by atoms with van der Waals surface area (Å²) in [6.07, 6.45) is 0. The van der Waals surface area contributed by atoms with E-state index in [1.807, 2.05) is 12.1 Å². The van der Waals surface area contributed by atoms with E-state index >= 15 is 0 Å². The highest BCUT2D eigenvalue weighted by molar-refractivity contribution is 6.17. The fourth-order valence-electron chi connectivity index (χ4n) is 11.1. The van der Waals surface area contributed by atoms with Gasteiger partial charge in [-0.2, -0.15) is 0 Å². The van der Waals surface area contributed by atoms with E-state index in [2.05, 4.69) is 182 Å². The van der Waals surface area contributed by atoms with Crippen molar-refractivity contribution in [1.29, 1.82) is 0 Å². The van der Waals surface area contributed by atoms with E-state index in [9.17, 15) is 0 Å². The number of fused-ring (bicyclic) bond motifs is 19. The molecule has 0 bridgehead atoms. The lowest BCUT2D eigenvalue weighted by molar-refractivity contribution is 0.669. The quantitative estimate of drug-likeness (QED) is 0.176. The second-order valence-corrected chi connectivity index (χ2v) is 16.3. The zero-order chi connectivity index (χ0) is 38.4. The first kappa shape index (κ1) is 31.4. The standard InChI is InChI=1S/C57H32O2/c1-2-12-34-31-54-46(29-33(34)11-1)56-38(17-10-22-52(56)59-54)35-24-26-45-50(30-35)57(47-19-6-3-13-40(47)41-14-4-7-20-48(41)57)49-28-27-39-37(16-9-18-44(39)55(45)49)36-23-25-43-42-15-5-8-21-51(42)58-53(43)32-36/h1-32H. The fraction of sp³-hybridized carbons (Fsp3) is 0.0175. The number of hydrogen-bond donors (Lipinski definition) is 0. The van der Waals surface area contributed by atoms with Crippen molar-refractivity contribution in [3.8, 4) is 44.5 Å². The summed E-state index contributed by atoms with van der Waals surface area (Å²) in [5.74, 6) is 0. The first-order valence-electron chi connectivity index (χ1n) is 20.4. The molecule has 2 heterocycles. The molecule has 2 aliphatic rings. The molecular weight excluding hydrogens is 717 g/mol. The van der Waals surface area contributed by atoms with Gasteiger partial charge >= 0.3 is 0 Å². The lowest BCUT2D eigenvalue weighted by Gasteiger charge is -2.31. The molecule has 0 aliphatic heterocycles. The minimum Gasteiger partial charge on any atom is -0.456 e. The van der Waals surface area contributed by atoms with E-state index < -0.39 is 5.41 Å².